The van der Waals surface area contributed by atoms with E-state index in [4.69, 9.17) is 10.5 Å². The molecule has 0 bridgehead atoms. The van der Waals surface area contributed by atoms with E-state index in [9.17, 15) is 4.79 Å². The van der Waals surface area contributed by atoms with Gasteiger partial charge in [0.2, 0.25) is 5.91 Å². The lowest BCUT2D eigenvalue weighted by atomic mass is 9.72. The highest BCUT2D eigenvalue weighted by molar-refractivity contribution is 5.79. The zero-order valence-corrected chi connectivity index (χ0v) is 10.2. The van der Waals surface area contributed by atoms with Crippen molar-refractivity contribution < 1.29 is 9.53 Å². The van der Waals surface area contributed by atoms with Crippen LogP contribution in [0.4, 0.5) is 0 Å². The van der Waals surface area contributed by atoms with E-state index in [1.807, 2.05) is 30.3 Å². The van der Waals surface area contributed by atoms with Gasteiger partial charge in [-0.3, -0.25) is 4.79 Å². The van der Waals surface area contributed by atoms with Crippen molar-refractivity contribution in [2.75, 3.05) is 6.61 Å². The van der Waals surface area contributed by atoms with Gasteiger partial charge in [-0.25, -0.2) is 0 Å². The van der Waals surface area contributed by atoms with Crippen LogP contribution in [-0.4, -0.2) is 30.7 Å². The van der Waals surface area contributed by atoms with Gasteiger partial charge in [0.1, 0.15) is 0 Å². The summed E-state index contributed by atoms with van der Waals surface area (Å²) in [7, 11) is 0. The summed E-state index contributed by atoms with van der Waals surface area (Å²) in [6.07, 6.45) is 1.57. The molecule has 1 aliphatic carbocycles. The molecule has 2 aliphatic rings. The number of carbonyl (C=O) groups excluding carboxylic acids is 1. The maximum Gasteiger partial charge on any atom is 0.224 e. The molecule has 4 nitrogen and oxygen atoms in total. The Morgan fingerprint density at radius 3 is 2.94 bits per heavy atom. The van der Waals surface area contributed by atoms with Crippen molar-refractivity contribution in [3.8, 4) is 0 Å². The third kappa shape index (κ3) is 2.02. The van der Waals surface area contributed by atoms with Crippen molar-refractivity contribution in [2.24, 2.45) is 11.7 Å². The third-order valence-electron chi connectivity index (χ3n) is 3.98. The van der Waals surface area contributed by atoms with Crippen molar-refractivity contribution >= 4 is 5.91 Å². The summed E-state index contributed by atoms with van der Waals surface area (Å²) in [5.41, 5.74) is 7.08. The molecule has 3 rings (SSSR count). The van der Waals surface area contributed by atoms with Gasteiger partial charge >= 0.3 is 0 Å². The van der Waals surface area contributed by atoms with Gasteiger partial charge in [0.05, 0.1) is 18.6 Å². The molecule has 0 aromatic heterocycles. The first-order valence-electron chi connectivity index (χ1n) is 6.46. The number of nitrogens with two attached hydrogens (primary N) is 1. The van der Waals surface area contributed by atoms with Gasteiger partial charge in [-0.1, -0.05) is 30.3 Å². The highest BCUT2D eigenvalue weighted by Gasteiger charge is 2.52. The number of ether oxygens (including phenoxy) is 1. The van der Waals surface area contributed by atoms with Crippen LogP contribution >= 0.6 is 0 Å². The Balaban J connectivity index is 1.56. The monoisotopic (exact) mass is 246 g/mol. The quantitative estimate of drug-likeness (QED) is 0.814. The summed E-state index contributed by atoms with van der Waals surface area (Å²) in [4.78, 5) is 11.9. The van der Waals surface area contributed by atoms with E-state index in [0.29, 0.717) is 12.3 Å². The first-order chi connectivity index (χ1) is 8.75. The number of nitrogens with one attached hydrogen (secondary N) is 1. The number of hydrogen-bond acceptors (Lipinski definition) is 3. The predicted molar refractivity (Wildman–Crippen MR) is 67.9 cm³/mol. The minimum absolute atomic E-state index is 0.00582. The molecule has 1 amide bonds. The third-order valence-corrected chi connectivity index (χ3v) is 3.98. The first kappa shape index (κ1) is 11.7. The summed E-state index contributed by atoms with van der Waals surface area (Å²) < 4.78 is 5.59. The van der Waals surface area contributed by atoms with Gasteiger partial charge in [0.15, 0.2) is 0 Å². The van der Waals surface area contributed by atoms with Gasteiger partial charge in [0, 0.05) is 18.6 Å². The number of rotatable bonds is 3. The molecule has 1 aromatic rings. The van der Waals surface area contributed by atoms with Crippen molar-refractivity contribution in [3.63, 3.8) is 0 Å². The second kappa shape index (κ2) is 4.71. The van der Waals surface area contributed by atoms with Crippen LogP contribution in [0.1, 0.15) is 12.0 Å². The van der Waals surface area contributed by atoms with Crippen LogP contribution in [0.15, 0.2) is 30.3 Å². The van der Waals surface area contributed by atoms with E-state index >= 15 is 0 Å². The molecule has 1 saturated carbocycles. The zero-order chi connectivity index (χ0) is 12.5. The average molecular weight is 246 g/mol. The van der Waals surface area contributed by atoms with Crippen LogP contribution in [-0.2, 0) is 16.0 Å². The molecule has 1 aliphatic heterocycles. The highest BCUT2D eigenvalue weighted by Crippen LogP contribution is 2.37. The lowest BCUT2D eigenvalue weighted by molar-refractivity contribution is -0.125. The van der Waals surface area contributed by atoms with E-state index < -0.39 is 0 Å². The Kier molecular flexibility index (Phi) is 3.06. The van der Waals surface area contributed by atoms with Crippen molar-refractivity contribution in [3.05, 3.63) is 35.9 Å². The van der Waals surface area contributed by atoms with E-state index in [2.05, 4.69) is 5.32 Å². The Morgan fingerprint density at radius 2 is 2.17 bits per heavy atom. The number of amides is 1. The smallest absolute Gasteiger partial charge is 0.224 e. The fourth-order valence-electron chi connectivity index (χ4n) is 2.95. The maximum atomic E-state index is 11.9. The number of benzene rings is 1. The minimum Gasteiger partial charge on any atom is -0.376 e. The fraction of sp³-hybridized carbons (Fsp3) is 0.500. The van der Waals surface area contributed by atoms with E-state index in [1.165, 1.54) is 0 Å². The average Bonchev–Trinajstić information content (AvgIpc) is 2.82. The molecule has 0 radical (unpaired) electrons. The van der Waals surface area contributed by atoms with Gasteiger partial charge < -0.3 is 15.8 Å². The van der Waals surface area contributed by atoms with Crippen LogP contribution in [0.25, 0.3) is 0 Å². The molecule has 4 heteroatoms. The Labute approximate surface area is 107 Å². The fourth-order valence-corrected chi connectivity index (χ4v) is 2.95. The summed E-state index contributed by atoms with van der Waals surface area (Å²) in [6.45, 7) is 0.772. The second-order valence-electron chi connectivity index (χ2n) is 5.12. The molecule has 18 heavy (non-hydrogen) atoms. The van der Waals surface area contributed by atoms with Gasteiger partial charge in [0.25, 0.3) is 0 Å². The van der Waals surface area contributed by atoms with Crippen LogP contribution in [0, 0.1) is 5.92 Å². The normalized spacial score (nSPS) is 33.6. The molecule has 1 saturated heterocycles. The summed E-state index contributed by atoms with van der Waals surface area (Å²) in [5, 5.41) is 3.00. The van der Waals surface area contributed by atoms with Gasteiger partial charge in [-0.2, -0.15) is 0 Å². The van der Waals surface area contributed by atoms with Gasteiger partial charge in [-0.15, -0.1) is 0 Å². The molecule has 2 fully saturated rings. The molecule has 3 N–H and O–H groups in total. The number of carbonyl (C=O) groups is 1. The SMILES string of the molecule is NC1C2CCOC2C1NC(=O)Cc1ccccc1. The van der Waals surface area contributed by atoms with Crippen LogP contribution < -0.4 is 11.1 Å². The topological polar surface area (TPSA) is 64.3 Å². The lowest BCUT2D eigenvalue weighted by Gasteiger charge is -2.45. The minimum atomic E-state index is -0.00582. The zero-order valence-electron chi connectivity index (χ0n) is 10.2. The molecular formula is C14H18N2O2. The first-order valence-corrected chi connectivity index (χ1v) is 6.46. The summed E-state index contributed by atoms with van der Waals surface area (Å²) in [5.74, 6) is 0.461. The number of hydrogen-bond donors (Lipinski definition) is 2. The molecule has 4 unspecified atom stereocenters. The number of fused-ring (bicyclic) bond motifs is 1. The molecule has 1 heterocycles. The van der Waals surface area contributed by atoms with E-state index in [0.717, 1.165) is 18.6 Å². The predicted octanol–water partition coefficient (Wildman–Crippen LogP) is 0.460. The van der Waals surface area contributed by atoms with Crippen LogP contribution in [0.3, 0.4) is 0 Å². The summed E-state index contributed by atoms with van der Waals surface area (Å²) in [6, 6.07) is 9.78. The standard InChI is InChI=1S/C14H18N2O2/c15-12-10-6-7-18-14(10)13(12)16-11(17)8-9-4-2-1-3-5-9/h1-5,10,12-14H,6-8,15H2,(H,16,17). The van der Waals surface area contributed by atoms with E-state index in [1.54, 1.807) is 0 Å². The van der Waals surface area contributed by atoms with E-state index in [-0.39, 0.29) is 24.1 Å². The molecule has 96 valence electrons. The maximum absolute atomic E-state index is 11.9. The Morgan fingerprint density at radius 1 is 1.39 bits per heavy atom. The van der Waals surface area contributed by atoms with Crippen molar-refractivity contribution in [1.82, 2.24) is 5.32 Å². The molecule has 1 aromatic carbocycles. The molecule has 0 spiro atoms. The van der Waals surface area contributed by atoms with Crippen LogP contribution in [0.5, 0.6) is 0 Å². The molecular weight excluding hydrogens is 228 g/mol. The Bertz CT molecular complexity index is 435. The van der Waals surface area contributed by atoms with Crippen LogP contribution in [0.2, 0.25) is 0 Å². The van der Waals surface area contributed by atoms with Crippen molar-refractivity contribution in [2.45, 2.75) is 31.0 Å². The second-order valence-corrected chi connectivity index (χ2v) is 5.12. The lowest BCUT2D eigenvalue weighted by Crippen LogP contribution is -2.69. The largest absolute Gasteiger partial charge is 0.376 e. The van der Waals surface area contributed by atoms with Gasteiger partial charge in [-0.05, 0) is 12.0 Å². The Hall–Kier alpha value is -1.39. The highest BCUT2D eigenvalue weighted by atomic mass is 16.5. The molecule has 4 atom stereocenters. The summed E-state index contributed by atoms with van der Waals surface area (Å²) >= 11 is 0. The van der Waals surface area contributed by atoms with Crippen molar-refractivity contribution in [1.29, 1.82) is 0 Å².